The van der Waals surface area contributed by atoms with Gasteiger partial charge in [0.05, 0.1) is 6.54 Å². The number of thioether (sulfide) groups is 1. The van der Waals surface area contributed by atoms with Gasteiger partial charge in [-0.05, 0) is 34.1 Å². The van der Waals surface area contributed by atoms with E-state index in [1.165, 1.54) is 11.8 Å². The van der Waals surface area contributed by atoms with Crippen molar-refractivity contribution in [2.75, 3.05) is 45.3 Å². The molecule has 0 aliphatic rings. The maximum Gasteiger partial charge on any atom is 0.500 e. The van der Waals surface area contributed by atoms with Gasteiger partial charge in [0.2, 0.25) is 5.12 Å². The molecule has 0 aromatic rings. The van der Waals surface area contributed by atoms with Gasteiger partial charge in [-0.15, -0.1) is 0 Å². The normalized spacial score (nSPS) is 11.4. The van der Waals surface area contributed by atoms with Crippen LogP contribution in [-0.4, -0.2) is 65.2 Å². The van der Waals surface area contributed by atoms with E-state index in [2.05, 4.69) is 11.9 Å². The van der Waals surface area contributed by atoms with Gasteiger partial charge in [0.25, 0.3) is 0 Å². The monoisotopic (exact) mass is 407 g/mol. The first-order chi connectivity index (χ1) is 12.4. The average Bonchev–Trinajstić information content (AvgIpc) is 2.59. The molecule has 7 nitrogen and oxygen atoms in total. The molecule has 0 heterocycles. The lowest BCUT2D eigenvalue weighted by molar-refractivity contribution is -0.138. The van der Waals surface area contributed by atoms with Crippen molar-refractivity contribution in [3.05, 3.63) is 12.2 Å². The third kappa shape index (κ3) is 11.8. The third-order valence-corrected chi connectivity index (χ3v) is 7.22. The summed E-state index contributed by atoms with van der Waals surface area (Å²) in [6.45, 7) is 13.4. The summed E-state index contributed by atoms with van der Waals surface area (Å²) < 4.78 is 22.3. The Morgan fingerprint density at radius 2 is 1.65 bits per heavy atom. The van der Waals surface area contributed by atoms with E-state index in [1.54, 1.807) is 6.92 Å². The largest absolute Gasteiger partial charge is 0.500 e. The molecule has 0 fully saturated rings. The van der Waals surface area contributed by atoms with Gasteiger partial charge in [0, 0.05) is 43.7 Å². The van der Waals surface area contributed by atoms with Gasteiger partial charge >= 0.3 is 14.8 Å². The van der Waals surface area contributed by atoms with Crippen LogP contribution in [0, 0.1) is 0 Å². The summed E-state index contributed by atoms with van der Waals surface area (Å²) in [7, 11) is -2.62. The molecular formula is C17H33NO6SSi. The molecule has 0 atom stereocenters. The molecule has 9 heteroatoms. The first kappa shape index (κ1) is 25.3. The number of rotatable bonds is 16. The van der Waals surface area contributed by atoms with Crippen molar-refractivity contribution in [1.29, 1.82) is 0 Å². The van der Waals surface area contributed by atoms with Crippen LogP contribution in [0.15, 0.2) is 12.2 Å². The van der Waals surface area contributed by atoms with E-state index < -0.39 is 14.8 Å². The van der Waals surface area contributed by atoms with Crippen LogP contribution in [0.3, 0.4) is 0 Å². The minimum atomic E-state index is -2.62. The van der Waals surface area contributed by atoms with Crippen LogP contribution in [0.1, 0.15) is 34.1 Å². The highest BCUT2D eigenvalue weighted by Gasteiger charge is 2.39. The summed E-state index contributed by atoms with van der Waals surface area (Å²) in [5.74, 6) is 0.269. The van der Waals surface area contributed by atoms with Crippen molar-refractivity contribution in [1.82, 2.24) is 5.32 Å². The van der Waals surface area contributed by atoms with Crippen molar-refractivity contribution in [2.24, 2.45) is 0 Å². The van der Waals surface area contributed by atoms with Crippen LogP contribution >= 0.6 is 11.8 Å². The molecule has 0 unspecified atom stereocenters. The molecule has 0 aromatic carbocycles. The molecule has 0 amide bonds. The summed E-state index contributed by atoms with van der Waals surface area (Å²) in [6.07, 6.45) is 0.791. The minimum absolute atomic E-state index is 0.0488. The highest BCUT2D eigenvalue weighted by Crippen LogP contribution is 2.20. The second kappa shape index (κ2) is 15.4. The van der Waals surface area contributed by atoms with E-state index in [0.29, 0.717) is 43.7 Å². The topological polar surface area (TPSA) is 83.1 Å². The maximum absolute atomic E-state index is 11.8. The summed E-state index contributed by atoms with van der Waals surface area (Å²) in [5, 5.41) is 3.00. The minimum Gasteiger partial charge on any atom is -0.461 e. The lowest BCUT2D eigenvalue weighted by Crippen LogP contribution is -2.46. The maximum atomic E-state index is 11.8. The molecule has 0 aliphatic carbocycles. The Bertz CT molecular complexity index is 418. The number of esters is 1. The molecule has 0 saturated carbocycles. The molecule has 152 valence electrons. The molecular weight excluding hydrogens is 374 g/mol. The Hall–Kier alpha value is -0.713. The van der Waals surface area contributed by atoms with Crippen molar-refractivity contribution in [3.8, 4) is 0 Å². The summed E-state index contributed by atoms with van der Waals surface area (Å²) in [5.41, 5.74) is 0.363. The number of hydrogen-bond acceptors (Lipinski definition) is 8. The number of carbonyl (C=O) groups is 2. The van der Waals surface area contributed by atoms with Crippen molar-refractivity contribution >= 4 is 31.7 Å². The van der Waals surface area contributed by atoms with Gasteiger partial charge in [0.1, 0.15) is 6.61 Å². The zero-order valence-electron chi connectivity index (χ0n) is 16.4. The first-order valence-corrected chi connectivity index (χ1v) is 11.9. The van der Waals surface area contributed by atoms with Gasteiger partial charge in [-0.1, -0.05) is 18.3 Å². The molecule has 0 radical (unpaired) electrons. The standard InChI is InChI=1S/C17H33NO6SSi/c1-6-22-26(23-7-2,24-8-3)13-9-12-25-16(19)14-18-10-11-21-17(20)15(4)5/h18H,4,6-14H2,1-3,5H3. The molecule has 0 saturated heterocycles. The van der Waals surface area contributed by atoms with E-state index in [4.69, 9.17) is 18.0 Å². The summed E-state index contributed by atoms with van der Waals surface area (Å²) in [6, 6.07) is 0.701. The van der Waals surface area contributed by atoms with E-state index in [1.807, 2.05) is 20.8 Å². The lowest BCUT2D eigenvalue weighted by atomic mass is 10.4. The first-order valence-electron chi connectivity index (χ1n) is 9.01. The van der Waals surface area contributed by atoms with E-state index in [9.17, 15) is 9.59 Å². The third-order valence-electron chi connectivity index (χ3n) is 3.11. The van der Waals surface area contributed by atoms with Crippen molar-refractivity contribution in [2.45, 2.75) is 40.2 Å². The van der Waals surface area contributed by atoms with E-state index in [0.717, 1.165) is 6.42 Å². The predicted octanol–water partition coefficient (Wildman–Crippen LogP) is 2.39. The van der Waals surface area contributed by atoms with Crippen LogP contribution in [0.2, 0.25) is 6.04 Å². The second-order valence-corrected chi connectivity index (χ2v) is 9.28. The fraction of sp³-hybridized carbons (Fsp3) is 0.765. The average molecular weight is 408 g/mol. The van der Waals surface area contributed by atoms with Crippen LogP contribution in [-0.2, 0) is 27.6 Å². The number of nitrogens with one attached hydrogen (secondary N) is 1. The van der Waals surface area contributed by atoms with E-state index in [-0.39, 0.29) is 18.3 Å². The fourth-order valence-electron chi connectivity index (χ4n) is 2.06. The zero-order valence-corrected chi connectivity index (χ0v) is 18.2. The predicted molar refractivity (Wildman–Crippen MR) is 106 cm³/mol. The number of hydrogen-bond donors (Lipinski definition) is 1. The summed E-state index contributed by atoms with van der Waals surface area (Å²) in [4.78, 5) is 23.0. The molecule has 0 spiro atoms. The van der Waals surface area contributed by atoms with Crippen LogP contribution in [0.4, 0.5) is 0 Å². The van der Waals surface area contributed by atoms with Gasteiger partial charge in [-0.25, -0.2) is 4.79 Å². The van der Waals surface area contributed by atoms with Gasteiger partial charge < -0.3 is 23.3 Å². The zero-order chi connectivity index (χ0) is 19.8. The smallest absolute Gasteiger partial charge is 0.461 e. The van der Waals surface area contributed by atoms with Gasteiger partial charge in [-0.3, -0.25) is 4.79 Å². The molecule has 26 heavy (non-hydrogen) atoms. The van der Waals surface area contributed by atoms with Crippen LogP contribution in [0.5, 0.6) is 0 Å². The number of ether oxygens (including phenoxy) is 1. The molecule has 0 aliphatic heterocycles. The van der Waals surface area contributed by atoms with Gasteiger partial charge in [0.15, 0.2) is 0 Å². The molecule has 0 bridgehead atoms. The lowest BCUT2D eigenvalue weighted by Gasteiger charge is -2.28. The highest BCUT2D eigenvalue weighted by atomic mass is 32.2. The quantitative estimate of drug-likeness (QED) is 0.181. The van der Waals surface area contributed by atoms with Crippen LogP contribution in [0.25, 0.3) is 0 Å². The van der Waals surface area contributed by atoms with Crippen LogP contribution < -0.4 is 5.32 Å². The molecule has 0 rings (SSSR count). The Balaban J connectivity index is 3.94. The Labute approximate surface area is 162 Å². The SMILES string of the molecule is C=C(C)C(=O)OCCNCC(=O)SCCC[Si](OCC)(OCC)OCC. The molecule has 1 N–H and O–H groups in total. The number of carbonyl (C=O) groups excluding carboxylic acids is 2. The second-order valence-electron chi connectivity index (χ2n) is 5.40. The van der Waals surface area contributed by atoms with Crippen molar-refractivity contribution < 1.29 is 27.6 Å². The summed E-state index contributed by atoms with van der Waals surface area (Å²) >= 11 is 1.27. The molecule has 0 aromatic heterocycles. The Kier molecular flexibility index (Phi) is 14.9. The highest BCUT2D eigenvalue weighted by molar-refractivity contribution is 8.13. The van der Waals surface area contributed by atoms with Gasteiger partial charge in [-0.2, -0.15) is 0 Å². The van der Waals surface area contributed by atoms with Crippen molar-refractivity contribution in [3.63, 3.8) is 0 Å². The Morgan fingerprint density at radius 1 is 1.08 bits per heavy atom. The Morgan fingerprint density at radius 3 is 2.15 bits per heavy atom. The fourth-order valence-corrected chi connectivity index (χ4v) is 5.65. The van der Waals surface area contributed by atoms with E-state index >= 15 is 0 Å².